The van der Waals surface area contributed by atoms with Crippen LogP contribution in [0.3, 0.4) is 0 Å². The second-order valence-electron chi connectivity index (χ2n) is 8.36. The molecule has 0 spiro atoms. The van der Waals surface area contributed by atoms with Crippen LogP contribution in [0.1, 0.15) is 63.4 Å². The quantitative estimate of drug-likeness (QED) is 0.243. The number of carbonyl (C=O) groups excluding carboxylic acids is 1. The molecule has 3 N–H and O–H groups in total. The number of hydrogen-bond donors (Lipinski definition) is 3. The molecule has 1 saturated carbocycles. The summed E-state index contributed by atoms with van der Waals surface area (Å²) in [6.07, 6.45) is 7.31. The summed E-state index contributed by atoms with van der Waals surface area (Å²) < 4.78 is 0. The van der Waals surface area contributed by atoms with Crippen LogP contribution < -0.4 is 34.7 Å². The van der Waals surface area contributed by atoms with Gasteiger partial charge in [-0.15, -0.1) is 0 Å². The average molecular weight is 426 g/mol. The molecule has 0 saturated heterocycles. The first-order chi connectivity index (χ1) is 13.7. The van der Waals surface area contributed by atoms with Gasteiger partial charge in [0.1, 0.15) is 0 Å². The first-order valence-electron chi connectivity index (χ1n) is 10.3. The van der Waals surface area contributed by atoms with Crippen LogP contribution in [0.4, 0.5) is 0 Å². The number of rotatable bonds is 11. The van der Waals surface area contributed by atoms with E-state index in [2.05, 4.69) is 0 Å². The van der Waals surface area contributed by atoms with E-state index >= 15 is 0 Å². The average Bonchev–Trinajstić information content (AvgIpc) is 2.63. The third kappa shape index (κ3) is 9.75. The minimum atomic E-state index is -1.50. The molecular formula is C23H31NaO6. The molecule has 1 aromatic carbocycles. The second-order valence-corrected chi connectivity index (χ2v) is 8.36. The van der Waals surface area contributed by atoms with Gasteiger partial charge in [-0.05, 0) is 62.8 Å². The zero-order valence-corrected chi connectivity index (χ0v) is 19.8. The van der Waals surface area contributed by atoms with E-state index in [1.807, 2.05) is 30.3 Å². The number of aliphatic hydroxyl groups is 2. The van der Waals surface area contributed by atoms with Crippen LogP contribution in [0.5, 0.6) is 0 Å². The molecule has 1 fully saturated rings. The van der Waals surface area contributed by atoms with Gasteiger partial charge < -0.3 is 25.2 Å². The van der Waals surface area contributed by atoms with E-state index in [-0.39, 0.29) is 41.9 Å². The molecule has 3 atom stereocenters. The van der Waals surface area contributed by atoms with Crippen LogP contribution in [-0.2, 0) is 16.0 Å². The number of unbranched alkanes of at least 4 members (excludes halogenated alkanes) is 1. The summed E-state index contributed by atoms with van der Waals surface area (Å²) in [6.45, 7) is 0. The molecule has 30 heavy (non-hydrogen) atoms. The molecule has 0 aliphatic heterocycles. The van der Waals surface area contributed by atoms with Crippen molar-refractivity contribution in [1.82, 2.24) is 0 Å². The van der Waals surface area contributed by atoms with Crippen LogP contribution in [-0.4, -0.2) is 38.5 Å². The van der Waals surface area contributed by atoms with E-state index in [0.29, 0.717) is 32.1 Å². The topological polar surface area (TPSA) is 118 Å². The van der Waals surface area contributed by atoms with Crippen molar-refractivity contribution >= 4 is 11.9 Å². The van der Waals surface area contributed by atoms with Gasteiger partial charge in [0.25, 0.3) is 0 Å². The second kappa shape index (κ2) is 12.6. The molecule has 0 radical (unpaired) electrons. The summed E-state index contributed by atoms with van der Waals surface area (Å²) in [5.41, 5.74) is -1.55. The molecule has 1 unspecified atom stereocenters. The number of hydrogen-bond acceptors (Lipinski definition) is 5. The van der Waals surface area contributed by atoms with Crippen molar-refractivity contribution in [3.8, 4) is 0 Å². The summed E-state index contributed by atoms with van der Waals surface area (Å²) in [5.74, 6) is -2.44. The van der Waals surface area contributed by atoms with E-state index in [1.54, 1.807) is 6.08 Å². The maximum Gasteiger partial charge on any atom is 1.00 e. The van der Waals surface area contributed by atoms with Crippen molar-refractivity contribution in [3.05, 3.63) is 48.0 Å². The zero-order valence-electron chi connectivity index (χ0n) is 17.8. The fourth-order valence-corrected chi connectivity index (χ4v) is 4.19. The van der Waals surface area contributed by atoms with Gasteiger partial charge in [-0.2, -0.15) is 0 Å². The Labute approximate surface area is 200 Å². The standard InChI is InChI=1S/C23H32O6.Na/c24-20(25)16-22(28,12-5-4-9-18-7-2-1-3-8-18)14-11-19-10-6-13-23(29,15-19)17-21(26)27;/h1-3,7-8,11,14,19,28-29H,4-6,9-10,12-13,15-17H2,(H,24,25)(H,26,27);/q;+1/p-1/b14-11+;/t19-,22?,23+;/m0./s1. The van der Waals surface area contributed by atoms with Gasteiger partial charge in [0, 0.05) is 12.4 Å². The van der Waals surface area contributed by atoms with E-state index in [9.17, 15) is 24.9 Å². The molecule has 0 aromatic heterocycles. The number of carboxylic acids is 2. The third-order valence-electron chi connectivity index (χ3n) is 5.64. The fourth-order valence-electron chi connectivity index (χ4n) is 4.19. The van der Waals surface area contributed by atoms with E-state index < -0.39 is 29.6 Å². The summed E-state index contributed by atoms with van der Waals surface area (Å²) in [7, 11) is 0. The molecule has 1 aliphatic carbocycles. The number of allylic oxidation sites excluding steroid dienone is 1. The van der Waals surface area contributed by atoms with Crippen molar-refractivity contribution in [2.24, 2.45) is 5.92 Å². The fraction of sp³-hybridized carbons (Fsp3) is 0.565. The molecule has 2 rings (SSSR count). The molecule has 6 nitrogen and oxygen atoms in total. The third-order valence-corrected chi connectivity index (χ3v) is 5.64. The van der Waals surface area contributed by atoms with Crippen LogP contribution in [0.2, 0.25) is 0 Å². The van der Waals surface area contributed by atoms with E-state index in [4.69, 9.17) is 5.11 Å². The Morgan fingerprint density at radius 3 is 2.57 bits per heavy atom. The van der Waals surface area contributed by atoms with Gasteiger partial charge in [0.15, 0.2) is 0 Å². The predicted octanol–water partition coefficient (Wildman–Crippen LogP) is -0.773. The van der Waals surface area contributed by atoms with Gasteiger partial charge in [0.05, 0.1) is 17.6 Å². The molecule has 0 bridgehead atoms. The number of benzene rings is 1. The predicted molar refractivity (Wildman–Crippen MR) is 107 cm³/mol. The molecule has 1 aliphatic rings. The monoisotopic (exact) mass is 426 g/mol. The van der Waals surface area contributed by atoms with Crippen molar-refractivity contribution in [2.45, 2.75) is 75.4 Å². The van der Waals surface area contributed by atoms with Gasteiger partial charge >= 0.3 is 35.5 Å². The number of aliphatic carboxylic acids is 2. The summed E-state index contributed by atoms with van der Waals surface area (Å²) in [6, 6.07) is 9.97. The Morgan fingerprint density at radius 2 is 1.93 bits per heavy atom. The number of carbonyl (C=O) groups is 2. The largest absolute Gasteiger partial charge is 1.00 e. The molecule has 160 valence electrons. The molecule has 0 heterocycles. The first-order valence-corrected chi connectivity index (χ1v) is 10.3. The normalized spacial score (nSPS) is 23.5. The molecule has 7 heteroatoms. The Kier molecular flexibility index (Phi) is 11.3. The SMILES string of the molecule is O=C([O-])CC(O)(/C=C/[C@@H]1CCC[C@](O)(CC(=O)O)C1)CCCCc1ccccc1.[Na+]. The first kappa shape index (κ1) is 26.9. The van der Waals surface area contributed by atoms with E-state index in [1.165, 1.54) is 11.6 Å². The van der Waals surface area contributed by atoms with Gasteiger partial charge in [-0.3, -0.25) is 4.79 Å². The van der Waals surface area contributed by atoms with Crippen molar-refractivity contribution in [1.29, 1.82) is 0 Å². The Hall–Kier alpha value is -1.18. The molecular weight excluding hydrogens is 395 g/mol. The minimum Gasteiger partial charge on any atom is -0.550 e. The van der Waals surface area contributed by atoms with Gasteiger partial charge in [-0.1, -0.05) is 42.5 Å². The van der Waals surface area contributed by atoms with Crippen molar-refractivity contribution in [3.63, 3.8) is 0 Å². The van der Waals surface area contributed by atoms with Gasteiger partial charge in [-0.25, -0.2) is 0 Å². The molecule has 0 amide bonds. The number of carboxylic acid groups (broad SMARTS) is 2. The van der Waals surface area contributed by atoms with Crippen molar-refractivity contribution < 1.29 is 59.6 Å². The van der Waals surface area contributed by atoms with Crippen LogP contribution in [0.15, 0.2) is 42.5 Å². The number of aryl methyl sites for hydroxylation is 1. The Balaban J connectivity index is 0.00000450. The summed E-state index contributed by atoms with van der Waals surface area (Å²) >= 11 is 0. The van der Waals surface area contributed by atoms with Crippen LogP contribution in [0, 0.1) is 5.92 Å². The van der Waals surface area contributed by atoms with Gasteiger partial charge in [0.2, 0.25) is 0 Å². The maximum absolute atomic E-state index is 11.1. The smallest absolute Gasteiger partial charge is 0.550 e. The minimum absolute atomic E-state index is 0. The Morgan fingerprint density at radius 1 is 1.23 bits per heavy atom. The van der Waals surface area contributed by atoms with Crippen LogP contribution in [0.25, 0.3) is 0 Å². The maximum atomic E-state index is 11.1. The zero-order chi connectivity index (χ0) is 21.3. The summed E-state index contributed by atoms with van der Waals surface area (Å²) in [4.78, 5) is 22.1. The van der Waals surface area contributed by atoms with E-state index in [0.717, 1.165) is 19.3 Å². The van der Waals surface area contributed by atoms with Crippen LogP contribution >= 0.6 is 0 Å². The summed E-state index contributed by atoms with van der Waals surface area (Å²) in [5, 5.41) is 41.4. The Bertz CT molecular complexity index is 707. The van der Waals surface area contributed by atoms with Crippen molar-refractivity contribution in [2.75, 3.05) is 0 Å². The molecule has 1 aromatic rings.